The van der Waals surface area contributed by atoms with Gasteiger partial charge in [-0.3, -0.25) is 9.69 Å². The van der Waals surface area contributed by atoms with E-state index in [1.54, 1.807) is 25.3 Å². The molecule has 3 atom stereocenters. The second-order valence-electron chi connectivity index (χ2n) is 13.8. The highest BCUT2D eigenvalue weighted by Crippen LogP contribution is 2.54. The topological polar surface area (TPSA) is 69.0 Å². The Labute approximate surface area is 266 Å². The first-order chi connectivity index (χ1) is 21.8. The van der Waals surface area contributed by atoms with Crippen molar-refractivity contribution in [2.24, 2.45) is 17.8 Å². The Balaban J connectivity index is 1.19. The maximum atomic E-state index is 16.1. The Bertz CT molecular complexity index is 1400. The van der Waals surface area contributed by atoms with Crippen LogP contribution in [0.2, 0.25) is 0 Å². The van der Waals surface area contributed by atoms with Crippen molar-refractivity contribution in [1.29, 1.82) is 5.26 Å². The highest BCUT2D eigenvalue weighted by molar-refractivity contribution is 5.69. The van der Waals surface area contributed by atoms with Gasteiger partial charge in [0.15, 0.2) is 5.67 Å². The van der Waals surface area contributed by atoms with E-state index in [0.29, 0.717) is 30.2 Å². The van der Waals surface area contributed by atoms with Crippen LogP contribution >= 0.6 is 0 Å². The summed E-state index contributed by atoms with van der Waals surface area (Å²) in [6.45, 7) is 5.51. The predicted octanol–water partition coefficient (Wildman–Crippen LogP) is 5.57. The van der Waals surface area contributed by atoms with Crippen LogP contribution in [-0.4, -0.2) is 88.0 Å². The number of carbonyl (C=O) groups is 1. The third kappa shape index (κ3) is 6.41. The van der Waals surface area contributed by atoms with E-state index < -0.39 is 5.67 Å². The summed E-state index contributed by atoms with van der Waals surface area (Å²) in [4.78, 5) is 19.3. The molecule has 4 aliphatic rings. The average Bonchev–Trinajstić information content (AvgIpc) is 3.48. The molecule has 45 heavy (non-hydrogen) atoms. The van der Waals surface area contributed by atoms with Gasteiger partial charge in [-0.25, -0.2) is 8.78 Å². The second kappa shape index (κ2) is 13.3. The van der Waals surface area contributed by atoms with Gasteiger partial charge in [-0.2, -0.15) is 5.26 Å². The number of hydrogen-bond donors (Lipinski definition) is 0. The number of nitriles is 1. The molecule has 2 aromatic carbocycles. The fourth-order valence-corrected chi connectivity index (χ4v) is 8.96. The lowest BCUT2D eigenvalue weighted by Gasteiger charge is -2.54. The lowest BCUT2D eigenvalue weighted by molar-refractivity contribution is -0.142. The van der Waals surface area contributed by atoms with Gasteiger partial charge in [-0.15, -0.1) is 0 Å². The van der Waals surface area contributed by atoms with Gasteiger partial charge in [0.25, 0.3) is 0 Å². The molecule has 0 N–H and O–H groups in total. The zero-order chi connectivity index (χ0) is 31.6. The molecule has 0 radical (unpaired) electrons. The van der Waals surface area contributed by atoms with Crippen LogP contribution in [0, 0.1) is 34.9 Å². The number of nitrogens with zero attached hydrogens (tertiary/aromatic N) is 4. The molecule has 2 aromatic rings. The molecule has 0 aromatic heterocycles. The van der Waals surface area contributed by atoms with E-state index in [9.17, 15) is 14.4 Å². The standard InChI is InChI=1S/C36H46F2N4O3/c1-44-33-18-26(21-39)10-11-32(33)42-23-35(38,24-42)22-41-16-12-28(13-17-41)36(25-40-14-5-15-40,29-7-4-8-30(37)20-29)31-9-3-6-27(31)19-34(43)45-2/h4,7-8,10-11,18,20,27-28,31H,3,5-6,9,12-17,19,22-25H2,1-2H3/t27-,31+,36+/m1/s1. The molecule has 4 fully saturated rings. The first kappa shape index (κ1) is 31.7. The summed E-state index contributed by atoms with van der Waals surface area (Å²) in [6, 6.07) is 14.6. The summed E-state index contributed by atoms with van der Waals surface area (Å²) in [5.41, 5.74) is 0.787. The molecular weight excluding hydrogens is 574 g/mol. The Morgan fingerprint density at radius 3 is 2.44 bits per heavy atom. The highest BCUT2D eigenvalue weighted by Gasteiger charge is 2.53. The van der Waals surface area contributed by atoms with E-state index in [4.69, 9.17) is 9.47 Å². The highest BCUT2D eigenvalue weighted by atomic mass is 19.1. The zero-order valence-electron chi connectivity index (χ0n) is 26.6. The quantitative estimate of drug-likeness (QED) is 0.305. The van der Waals surface area contributed by atoms with Crippen molar-refractivity contribution in [1.82, 2.24) is 9.80 Å². The van der Waals surface area contributed by atoms with Gasteiger partial charge in [-0.05, 0) is 106 Å². The molecule has 0 amide bonds. The number of carbonyl (C=O) groups excluding carboxylic acids is 1. The predicted molar refractivity (Wildman–Crippen MR) is 170 cm³/mol. The van der Waals surface area contributed by atoms with Crippen molar-refractivity contribution in [3.63, 3.8) is 0 Å². The van der Waals surface area contributed by atoms with Crippen LogP contribution in [0.25, 0.3) is 0 Å². The normalized spacial score (nSPS) is 25.1. The van der Waals surface area contributed by atoms with E-state index in [0.717, 1.165) is 76.1 Å². The number of methoxy groups -OCH3 is 2. The summed E-state index contributed by atoms with van der Waals surface area (Å²) in [5, 5.41) is 9.22. The number of likely N-dealkylation sites (tertiary alicyclic amines) is 2. The van der Waals surface area contributed by atoms with E-state index in [-0.39, 0.29) is 42.1 Å². The summed E-state index contributed by atoms with van der Waals surface area (Å²) in [7, 11) is 3.03. The van der Waals surface area contributed by atoms with Gasteiger partial charge in [0.1, 0.15) is 11.6 Å². The SMILES string of the molecule is COC(=O)C[C@H]1CCC[C@@H]1[C@](CN1CCC1)(c1cccc(F)c1)C1CCN(CC2(F)CN(c3ccc(C#N)cc3OC)C2)CC1. The summed E-state index contributed by atoms with van der Waals surface area (Å²) in [5.74, 6) is 0.967. The Kier molecular flexibility index (Phi) is 9.35. The van der Waals surface area contributed by atoms with Crippen LogP contribution in [0.1, 0.15) is 56.1 Å². The number of halogens is 2. The van der Waals surface area contributed by atoms with Gasteiger partial charge in [-0.1, -0.05) is 18.6 Å². The molecule has 242 valence electrons. The van der Waals surface area contributed by atoms with Crippen LogP contribution in [0.3, 0.4) is 0 Å². The maximum absolute atomic E-state index is 16.1. The number of hydrogen-bond acceptors (Lipinski definition) is 7. The molecule has 1 saturated carbocycles. The molecule has 0 spiro atoms. The first-order valence-electron chi connectivity index (χ1n) is 16.6. The van der Waals surface area contributed by atoms with Gasteiger partial charge in [0.05, 0.1) is 44.6 Å². The summed E-state index contributed by atoms with van der Waals surface area (Å²) >= 11 is 0. The Hall–Kier alpha value is -3.22. The number of rotatable bonds is 11. The van der Waals surface area contributed by atoms with Crippen LogP contribution in [0.5, 0.6) is 5.75 Å². The fourth-order valence-electron chi connectivity index (χ4n) is 8.96. The van der Waals surface area contributed by atoms with Crippen molar-refractivity contribution >= 4 is 11.7 Å². The number of anilines is 1. The molecule has 9 heteroatoms. The fraction of sp³-hybridized carbons (Fsp3) is 0.611. The maximum Gasteiger partial charge on any atom is 0.305 e. The minimum absolute atomic E-state index is 0.166. The molecule has 0 bridgehead atoms. The number of alkyl halides is 1. The molecule has 7 nitrogen and oxygen atoms in total. The number of piperidine rings is 1. The van der Waals surface area contributed by atoms with E-state index in [2.05, 4.69) is 21.9 Å². The van der Waals surface area contributed by atoms with E-state index in [1.807, 2.05) is 17.0 Å². The van der Waals surface area contributed by atoms with E-state index in [1.165, 1.54) is 19.6 Å². The van der Waals surface area contributed by atoms with Crippen molar-refractivity contribution in [2.45, 2.75) is 56.0 Å². The van der Waals surface area contributed by atoms with Crippen LogP contribution in [-0.2, 0) is 14.9 Å². The van der Waals surface area contributed by atoms with Gasteiger partial charge < -0.3 is 19.3 Å². The molecule has 6 rings (SSSR count). The molecule has 1 aliphatic carbocycles. The summed E-state index contributed by atoms with van der Waals surface area (Å²) in [6.07, 6.45) is 6.48. The molecular formula is C36H46F2N4O3. The minimum atomic E-state index is -1.32. The van der Waals surface area contributed by atoms with Crippen molar-refractivity contribution < 1.29 is 23.0 Å². The minimum Gasteiger partial charge on any atom is -0.495 e. The number of ether oxygens (including phenoxy) is 2. The lowest BCUT2D eigenvalue weighted by atomic mass is 9.56. The lowest BCUT2D eigenvalue weighted by Crippen LogP contribution is -2.65. The van der Waals surface area contributed by atoms with Crippen molar-refractivity contribution in [2.75, 3.05) is 71.5 Å². The summed E-state index contributed by atoms with van der Waals surface area (Å²) < 4.78 is 41.6. The molecule has 3 saturated heterocycles. The smallest absolute Gasteiger partial charge is 0.305 e. The van der Waals surface area contributed by atoms with Gasteiger partial charge in [0.2, 0.25) is 0 Å². The van der Waals surface area contributed by atoms with Gasteiger partial charge in [0, 0.05) is 31.0 Å². The first-order valence-corrected chi connectivity index (χ1v) is 16.6. The Morgan fingerprint density at radius 2 is 1.80 bits per heavy atom. The monoisotopic (exact) mass is 620 g/mol. The molecule has 3 aliphatic heterocycles. The third-order valence-electron chi connectivity index (χ3n) is 11.2. The van der Waals surface area contributed by atoms with Gasteiger partial charge >= 0.3 is 5.97 Å². The van der Waals surface area contributed by atoms with Crippen molar-refractivity contribution in [3.8, 4) is 11.8 Å². The Morgan fingerprint density at radius 1 is 1.02 bits per heavy atom. The zero-order valence-corrected chi connectivity index (χ0v) is 26.6. The second-order valence-corrected chi connectivity index (χ2v) is 13.8. The van der Waals surface area contributed by atoms with Crippen LogP contribution < -0.4 is 9.64 Å². The number of esters is 1. The van der Waals surface area contributed by atoms with E-state index >= 15 is 4.39 Å². The van der Waals surface area contributed by atoms with Crippen LogP contribution in [0.4, 0.5) is 14.5 Å². The largest absolute Gasteiger partial charge is 0.495 e. The third-order valence-corrected chi connectivity index (χ3v) is 11.2. The van der Waals surface area contributed by atoms with Crippen LogP contribution in [0.15, 0.2) is 42.5 Å². The van der Waals surface area contributed by atoms with Crippen molar-refractivity contribution in [3.05, 3.63) is 59.4 Å². The number of benzene rings is 2. The average molecular weight is 621 g/mol. The molecule has 3 heterocycles. The molecule has 0 unspecified atom stereocenters.